The number of nitrogens with zero attached hydrogens (tertiary/aromatic N) is 3. The summed E-state index contributed by atoms with van der Waals surface area (Å²) < 4.78 is 11.1. The zero-order valence-electron chi connectivity index (χ0n) is 19.1. The second kappa shape index (κ2) is 11.2. The molecule has 3 aromatic rings. The molecule has 1 heterocycles. The third kappa shape index (κ3) is 6.18. The van der Waals surface area contributed by atoms with Crippen molar-refractivity contribution in [1.82, 2.24) is 15.5 Å². The number of aromatic nitrogens is 2. The average molecular weight is 449 g/mol. The number of nitrogens with one attached hydrogen (secondary N) is 1. The largest absolute Gasteiger partial charge is 0.490 e. The van der Waals surface area contributed by atoms with Gasteiger partial charge in [0.2, 0.25) is 5.82 Å². The Morgan fingerprint density at radius 2 is 2.12 bits per heavy atom. The Bertz CT molecular complexity index is 1150. The van der Waals surface area contributed by atoms with E-state index in [2.05, 4.69) is 27.6 Å². The minimum Gasteiger partial charge on any atom is -0.490 e. The molecular weight excluding hydrogens is 420 g/mol. The van der Waals surface area contributed by atoms with Crippen LogP contribution in [-0.2, 0) is 17.6 Å². The number of aliphatic carboxylic acids is 1. The Morgan fingerprint density at radius 3 is 2.79 bits per heavy atom. The Balaban J connectivity index is 0.000000383. The Hall–Kier alpha value is -3.70. The van der Waals surface area contributed by atoms with Crippen LogP contribution < -0.4 is 10.1 Å². The second-order valence-corrected chi connectivity index (χ2v) is 7.96. The van der Waals surface area contributed by atoms with Gasteiger partial charge >= 0.3 is 5.97 Å². The van der Waals surface area contributed by atoms with Crippen LogP contribution in [0.15, 0.2) is 40.9 Å². The van der Waals surface area contributed by atoms with Gasteiger partial charge in [-0.3, -0.25) is 4.79 Å². The Labute approximate surface area is 193 Å². The smallest absolute Gasteiger partial charge is 0.304 e. The van der Waals surface area contributed by atoms with Gasteiger partial charge in [0.15, 0.2) is 0 Å². The van der Waals surface area contributed by atoms with Gasteiger partial charge in [0.1, 0.15) is 11.8 Å². The summed E-state index contributed by atoms with van der Waals surface area (Å²) in [6, 6.07) is 13.8. The van der Waals surface area contributed by atoms with Crippen LogP contribution in [0.5, 0.6) is 5.75 Å². The molecule has 1 aliphatic carbocycles. The van der Waals surface area contributed by atoms with Crippen LogP contribution in [-0.4, -0.2) is 40.9 Å². The predicted molar refractivity (Wildman–Crippen MR) is 124 cm³/mol. The van der Waals surface area contributed by atoms with E-state index in [4.69, 9.17) is 14.4 Å². The number of carboxylic acids is 1. The van der Waals surface area contributed by atoms with Crippen LogP contribution in [0.3, 0.4) is 0 Å². The highest BCUT2D eigenvalue weighted by atomic mass is 16.5. The van der Waals surface area contributed by atoms with Gasteiger partial charge in [-0.25, -0.2) is 0 Å². The molecule has 0 saturated carbocycles. The minimum absolute atomic E-state index is 0.00290. The number of benzene rings is 2. The highest BCUT2D eigenvalue weighted by molar-refractivity contribution is 5.67. The number of aryl methyl sites for hydroxylation is 1. The summed E-state index contributed by atoms with van der Waals surface area (Å²) in [6.45, 7) is 4.41. The lowest BCUT2D eigenvalue weighted by Gasteiger charge is -2.11. The van der Waals surface area contributed by atoms with Gasteiger partial charge in [0.25, 0.3) is 5.89 Å². The van der Waals surface area contributed by atoms with E-state index in [0.29, 0.717) is 35.1 Å². The molecule has 4 rings (SSSR count). The summed E-state index contributed by atoms with van der Waals surface area (Å²) in [4.78, 5) is 14.3. The van der Waals surface area contributed by atoms with Gasteiger partial charge in [-0.2, -0.15) is 10.2 Å². The number of carbonyl (C=O) groups is 1. The molecule has 0 atom stereocenters. The van der Waals surface area contributed by atoms with Crippen molar-refractivity contribution in [2.75, 3.05) is 13.6 Å². The average Bonchev–Trinajstić information content (AvgIpc) is 3.47. The van der Waals surface area contributed by atoms with Gasteiger partial charge in [0, 0.05) is 17.7 Å². The number of hydrogen-bond acceptors (Lipinski definition) is 7. The highest BCUT2D eigenvalue weighted by Crippen LogP contribution is 2.32. The monoisotopic (exact) mass is 448 g/mol. The van der Waals surface area contributed by atoms with E-state index in [1.54, 1.807) is 19.2 Å². The molecule has 0 spiro atoms. The number of rotatable bonds is 7. The fourth-order valence-corrected chi connectivity index (χ4v) is 3.62. The maximum Gasteiger partial charge on any atom is 0.304 e. The fourth-order valence-electron chi connectivity index (χ4n) is 3.62. The van der Waals surface area contributed by atoms with Gasteiger partial charge in [-0.1, -0.05) is 23.4 Å². The first kappa shape index (κ1) is 24.0. The van der Waals surface area contributed by atoms with Crippen molar-refractivity contribution >= 4 is 5.97 Å². The van der Waals surface area contributed by atoms with Crippen LogP contribution in [0.4, 0.5) is 0 Å². The van der Waals surface area contributed by atoms with E-state index < -0.39 is 5.97 Å². The van der Waals surface area contributed by atoms with E-state index in [-0.39, 0.29) is 12.5 Å². The molecule has 1 aliphatic rings. The number of hydrogen-bond donors (Lipinski definition) is 2. The fraction of sp³-hybridized carbons (Fsp3) is 0.360. The van der Waals surface area contributed by atoms with Crippen molar-refractivity contribution in [2.24, 2.45) is 0 Å². The maximum atomic E-state index is 9.72. The van der Waals surface area contributed by atoms with Crippen LogP contribution in [0.2, 0.25) is 0 Å². The van der Waals surface area contributed by atoms with Gasteiger partial charge < -0.3 is 19.7 Å². The third-order valence-corrected chi connectivity index (χ3v) is 5.11. The van der Waals surface area contributed by atoms with E-state index in [1.807, 2.05) is 32.0 Å². The first-order chi connectivity index (χ1) is 15.9. The molecule has 2 aromatic carbocycles. The minimum atomic E-state index is -0.755. The van der Waals surface area contributed by atoms with Crippen LogP contribution in [0.1, 0.15) is 43.4 Å². The molecular formula is C25H28N4O4. The molecule has 0 saturated heterocycles. The molecule has 0 bridgehead atoms. The Kier molecular flexibility index (Phi) is 8.17. The van der Waals surface area contributed by atoms with E-state index in [9.17, 15) is 10.1 Å². The molecule has 0 amide bonds. The van der Waals surface area contributed by atoms with E-state index >= 15 is 0 Å². The molecule has 0 radical (unpaired) electrons. The standard InChI is InChI=1S/C21H19N3O2.C4H9NO2/c1-13(2)25-19-10-9-15(11-16(19)12-22)21-23-20(24-26-21)18-8-4-6-14-5-3-7-17(14)18;1-5-3-2-4(6)7/h4,6,8-11,13H,3,5,7H2,1-2H3;5H,2-3H2,1H3,(H,6,7). The first-order valence-electron chi connectivity index (χ1n) is 10.9. The summed E-state index contributed by atoms with van der Waals surface area (Å²) in [5, 5.41) is 24.3. The Morgan fingerprint density at radius 1 is 1.30 bits per heavy atom. The maximum absolute atomic E-state index is 9.72. The summed E-state index contributed by atoms with van der Waals surface area (Å²) in [5.41, 5.74) is 4.89. The van der Waals surface area contributed by atoms with Crippen LogP contribution in [0.25, 0.3) is 22.8 Å². The molecule has 0 fully saturated rings. The molecule has 1 aromatic heterocycles. The number of nitriles is 1. The summed E-state index contributed by atoms with van der Waals surface area (Å²) >= 11 is 0. The van der Waals surface area contributed by atoms with Gasteiger partial charge in [-0.15, -0.1) is 0 Å². The van der Waals surface area contributed by atoms with Gasteiger partial charge in [-0.05, 0) is 69.5 Å². The van der Waals surface area contributed by atoms with Crippen molar-refractivity contribution in [3.05, 3.63) is 53.1 Å². The third-order valence-electron chi connectivity index (χ3n) is 5.11. The lowest BCUT2D eigenvalue weighted by Crippen LogP contribution is -2.11. The molecule has 2 N–H and O–H groups in total. The molecule has 172 valence electrons. The lowest BCUT2D eigenvalue weighted by molar-refractivity contribution is -0.136. The summed E-state index contributed by atoms with van der Waals surface area (Å²) in [7, 11) is 1.73. The topological polar surface area (TPSA) is 121 Å². The highest BCUT2D eigenvalue weighted by Gasteiger charge is 2.20. The molecule has 0 unspecified atom stereocenters. The van der Waals surface area contributed by atoms with Crippen molar-refractivity contribution in [3.8, 4) is 34.7 Å². The number of ether oxygens (including phenoxy) is 1. The molecule has 8 nitrogen and oxygen atoms in total. The number of fused-ring (bicyclic) bond motifs is 1. The lowest BCUT2D eigenvalue weighted by atomic mass is 10.0. The van der Waals surface area contributed by atoms with E-state index in [0.717, 1.165) is 18.4 Å². The van der Waals surface area contributed by atoms with Crippen molar-refractivity contribution in [2.45, 2.75) is 45.6 Å². The molecule has 33 heavy (non-hydrogen) atoms. The quantitative estimate of drug-likeness (QED) is 0.551. The van der Waals surface area contributed by atoms with Crippen LogP contribution in [0, 0.1) is 11.3 Å². The van der Waals surface area contributed by atoms with Crippen molar-refractivity contribution in [3.63, 3.8) is 0 Å². The molecule has 0 aliphatic heterocycles. The van der Waals surface area contributed by atoms with Crippen LogP contribution >= 0.6 is 0 Å². The number of carboxylic acid groups (broad SMARTS) is 1. The normalized spacial score (nSPS) is 12.0. The SMILES string of the molecule is CC(C)Oc1ccc(-c2nc(-c3cccc4c3CCC4)no2)cc1C#N.CNCCC(=O)O. The zero-order valence-corrected chi connectivity index (χ0v) is 19.1. The predicted octanol–water partition coefficient (Wildman–Crippen LogP) is 4.23. The van der Waals surface area contributed by atoms with Crippen molar-refractivity contribution in [1.29, 1.82) is 5.26 Å². The second-order valence-electron chi connectivity index (χ2n) is 7.96. The van der Waals surface area contributed by atoms with Gasteiger partial charge in [0.05, 0.1) is 18.1 Å². The molecule has 8 heteroatoms. The zero-order chi connectivity index (χ0) is 23.8. The first-order valence-corrected chi connectivity index (χ1v) is 10.9. The summed E-state index contributed by atoms with van der Waals surface area (Å²) in [5.74, 6) is 0.809. The van der Waals surface area contributed by atoms with Crippen molar-refractivity contribution < 1.29 is 19.2 Å². The van der Waals surface area contributed by atoms with E-state index in [1.165, 1.54) is 17.5 Å². The summed E-state index contributed by atoms with van der Waals surface area (Å²) in [6.07, 6.45) is 3.53.